The molecule has 1 atom stereocenters. The molecule has 0 spiro atoms. The fourth-order valence-corrected chi connectivity index (χ4v) is 2.30. The first-order valence-corrected chi connectivity index (χ1v) is 6.41. The Morgan fingerprint density at radius 2 is 2.41 bits per heavy atom. The molecule has 1 aliphatic heterocycles. The zero-order chi connectivity index (χ0) is 12.3. The average molecular weight is 301 g/mol. The number of halogens is 2. The number of benzene rings is 1. The van der Waals surface area contributed by atoms with Crippen molar-refractivity contribution in [2.45, 2.75) is 25.4 Å². The van der Waals surface area contributed by atoms with Crippen LogP contribution < -0.4 is 10.6 Å². The van der Waals surface area contributed by atoms with Gasteiger partial charge in [0.05, 0.1) is 6.04 Å². The molecule has 0 saturated carbocycles. The highest BCUT2D eigenvalue weighted by Gasteiger charge is 2.21. The Bertz CT molecular complexity index is 419. The molecule has 2 N–H and O–H groups in total. The first kappa shape index (κ1) is 12.5. The highest BCUT2D eigenvalue weighted by Crippen LogP contribution is 2.15. The molecular formula is C12H14BrFN2O. The number of amides is 1. The van der Waals surface area contributed by atoms with Crippen LogP contribution in [-0.4, -0.2) is 18.5 Å². The van der Waals surface area contributed by atoms with E-state index in [1.54, 1.807) is 12.1 Å². The van der Waals surface area contributed by atoms with E-state index < -0.39 is 0 Å². The van der Waals surface area contributed by atoms with Crippen molar-refractivity contribution in [3.63, 3.8) is 0 Å². The molecule has 0 aromatic heterocycles. The quantitative estimate of drug-likeness (QED) is 0.896. The number of hydrogen-bond donors (Lipinski definition) is 2. The van der Waals surface area contributed by atoms with Crippen molar-refractivity contribution < 1.29 is 9.18 Å². The van der Waals surface area contributed by atoms with Crippen LogP contribution in [0.2, 0.25) is 0 Å². The summed E-state index contributed by atoms with van der Waals surface area (Å²) in [5, 5.41) is 5.85. The molecule has 2 rings (SSSR count). The van der Waals surface area contributed by atoms with Crippen LogP contribution in [0.4, 0.5) is 4.39 Å². The molecule has 3 nitrogen and oxygen atoms in total. The number of rotatable bonds is 3. The number of carbonyl (C=O) groups is 1. The van der Waals surface area contributed by atoms with Gasteiger partial charge in [-0.15, -0.1) is 0 Å². The highest BCUT2D eigenvalue weighted by molar-refractivity contribution is 9.10. The normalized spacial score (nSPS) is 19.3. The number of hydrogen-bond acceptors (Lipinski definition) is 2. The van der Waals surface area contributed by atoms with Crippen LogP contribution in [0.5, 0.6) is 0 Å². The van der Waals surface area contributed by atoms with Gasteiger partial charge in [-0.05, 0) is 37.6 Å². The lowest BCUT2D eigenvalue weighted by molar-refractivity contribution is -0.122. The van der Waals surface area contributed by atoms with E-state index in [4.69, 9.17) is 0 Å². The second-order valence-corrected chi connectivity index (χ2v) is 5.02. The minimum Gasteiger partial charge on any atom is -0.351 e. The van der Waals surface area contributed by atoms with Crippen molar-refractivity contribution in [3.8, 4) is 0 Å². The Kier molecular flexibility index (Phi) is 4.12. The van der Waals surface area contributed by atoms with Crippen molar-refractivity contribution in [3.05, 3.63) is 34.1 Å². The summed E-state index contributed by atoms with van der Waals surface area (Å²) in [6.07, 6.45) is 1.87. The Hall–Kier alpha value is -0.940. The van der Waals surface area contributed by atoms with Gasteiger partial charge in [0.25, 0.3) is 0 Å². The molecule has 1 heterocycles. The molecule has 1 aromatic rings. The predicted molar refractivity (Wildman–Crippen MR) is 67.0 cm³/mol. The first-order chi connectivity index (χ1) is 8.16. The van der Waals surface area contributed by atoms with Crippen molar-refractivity contribution in [1.29, 1.82) is 0 Å². The average Bonchev–Trinajstić information content (AvgIpc) is 2.83. The molecule has 1 aliphatic rings. The van der Waals surface area contributed by atoms with Crippen LogP contribution in [0.25, 0.3) is 0 Å². The van der Waals surface area contributed by atoms with Gasteiger partial charge in [-0.2, -0.15) is 0 Å². The van der Waals surface area contributed by atoms with Gasteiger partial charge in [0, 0.05) is 16.6 Å². The van der Waals surface area contributed by atoms with E-state index in [1.807, 2.05) is 0 Å². The molecular weight excluding hydrogens is 287 g/mol. The molecule has 92 valence electrons. The third-order valence-corrected chi connectivity index (χ3v) is 3.33. The van der Waals surface area contributed by atoms with Crippen molar-refractivity contribution >= 4 is 21.8 Å². The molecule has 17 heavy (non-hydrogen) atoms. The largest absolute Gasteiger partial charge is 0.351 e. The molecule has 0 aliphatic carbocycles. The molecule has 5 heteroatoms. The van der Waals surface area contributed by atoms with Crippen LogP contribution in [0.1, 0.15) is 18.4 Å². The second-order valence-electron chi connectivity index (χ2n) is 4.10. The Balaban J connectivity index is 1.92. The summed E-state index contributed by atoms with van der Waals surface area (Å²) >= 11 is 3.28. The lowest BCUT2D eigenvalue weighted by Gasteiger charge is -2.11. The summed E-state index contributed by atoms with van der Waals surface area (Å²) in [5.74, 6) is -0.352. The monoisotopic (exact) mass is 300 g/mol. The SMILES string of the molecule is O=C(NCc1cc(Br)ccc1F)C1CCCN1. The van der Waals surface area contributed by atoms with Gasteiger partial charge in [0.1, 0.15) is 5.82 Å². The third-order valence-electron chi connectivity index (χ3n) is 2.84. The summed E-state index contributed by atoms with van der Waals surface area (Å²) in [5.41, 5.74) is 0.491. The maximum atomic E-state index is 13.4. The maximum absolute atomic E-state index is 13.4. The summed E-state index contributed by atoms with van der Waals surface area (Å²) in [7, 11) is 0. The summed E-state index contributed by atoms with van der Waals surface area (Å²) in [4.78, 5) is 11.7. The van der Waals surface area contributed by atoms with Gasteiger partial charge < -0.3 is 10.6 Å². The minimum atomic E-state index is -0.298. The van der Waals surface area contributed by atoms with E-state index in [9.17, 15) is 9.18 Å². The molecule has 0 bridgehead atoms. The van der Waals surface area contributed by atoms with Gasteiger partial charge in [0.2, 0.25) is 5.91 Å². The second kappa shape index (κ2) is 5.60. The molecule has 1 fully saturated rings. The standard InChI is InChI=1S/C12H14BrFN2O/c13-9-3-4-10(14)8(6-9)7-16-12(17)11-2-1-5-15-11/h3-4,6,11,15H,1-2,5,7H2,(H,16,17). The molecule has 1 amide bonds. The summed E-state index contributed by atoms with van der Waals surface area (Å²) < 4.78 is 14.2. The Morgan fingerprint density at radius 3 is 3.12 bits per heavy atom. The van der Waals surface area contributed by atoms with Gasteiger partial charge >= 0.3 is 0 Å². The molecule has 0 radical (unpaired) electrons. The predicted octanol–water partition coefficient (Wildman–Crippen LogP) is 1.96. The van der Waals surface area contributed by atoms with Gasteiger partial charge in [-0.25, -0.2) is 4.39 Å². The van der Waals surface area contributed by atoms with Crippen LogP contribution in [0.3, 0.4) is 0 Å². The van der Waals surface area contributed by atoms with E-state index in [2.05, 4.69) is 26.6 Å². The summed E-state index contributed by atoms with van der Waals surface area (Å²) in [6.45, 7) is 1.10. The van der Waals surface area contributed by atoms with E-state index in [-0.39, 0.29) is 24.3 Å². The van der Waals surface area contributed by atoms with Gasteiger partial charge in [-0.3, -0.25) is 4.79 Å². The van der Waals surface area contributed by atoms with Crippen molar-refractivity contribution in [1.82, 2.24) is 10.6 Å². The van der Waals surface area contributed by atoms with Crippen LogP contribution in [0.15, 0.2) is 22.7 Å². The van der Waals surface area contributed by atoms with E-state index in [0.29, 0.717) is 5.56 Å². The highest BCUT2D eigenvalue weighted by atomic mass is 79.9. The van der Waals surface area contributed by atoms with E-state index in [1.165, 1.54) is 6.07 Å². The number of carbonyl (C=O) groups excluding carboxylic acids is 1. The zero-order valence-corrected chi connectivity index (χ0v) is 10.9. The van der Waals surface area contributed by atoms with Gasteiger partial charge in [-0.1, -0.05) is 15.9 Å². The zero-order valence-electron chi connectivity index (χ0n) is 9.30. The molecule has 1 aromatic carbocycles. The topological polar surface area (TPSA) is 41.1 Å². The van der Waals surface area contributed by atoms with Crippen molar-refractivity contribution in [2.75, 3.05) is 6.54 Å². The lowest BCUT2D eigenvalue weighted by atomic mass is 10.2. The smallest absolute Gasteiger partial charge is 0.237 e. The fraction of sp³-hybridized carbons (Fsp3) is 0.417. The molecule has 1 unspecified atom stereocenters. The minimum absolute atomic E-state index is 0.0538. The van der Waals surface area contributed by atoms with Gasteiger partial charge in [0.15, 0.2) is 0 Å². The third kappa shape index (κ3) is 3.26. The summed E-state index contributed by atoms with van der Waals surface area (Å²) in [6, 6.07) is 4.58. The molecule has 1 saturated heterocycles. The van der Waals surface area contributed by atoms with Crippen LogP contribution in [0, 0.1) is 5.82 Å². The first-order valence-electron chi connectivity index (χ1n) is 5.62. The number of nitrogens with one attached hydrogen (secondary N) is 2. The fourth-order valence-electron chi connectivity index (χ4n) is 1.89. The Morgan fingerprint density at radius 1 is 1.59 bits per heavy atom. The van der Waals surface area contributed by atoms with Crippen LogP contribution >= 0.6 is 15.9 Å². The maximum Gasteiger partial charge on any atom is 0.237 e. The van der Waals surface area contributed by atoms with E-state index >= 15 is 0 Å². The van der Waals surface area contributed by atoms with Crippen molar-refractivity contribution in [2.24, 2.45) is 0 Å². The van der Waals surface area contributed by atoms with E-state index in [0.717, 1.165) is 23.9 Å². The lowest BCUT2D eigenvalue weighted by Crippen LogP contribution is -2.40. The Labute approximate surface area is 108 Å². The van der Waals surface area contributed by atoms with Crippen LogP contribution in [-0.2, 0) is 11.3 Å².